The van der Waals surface area contributed by atoms with Crippen LogP contribution in [0.2, 0.25) is 0 Å². The summed E-state index contributed by atoms with van der Waals surface area (Å²) in [7, 11) is 1.74. The Hall–Kier alpha value is -1.40. The quantitative estimate of drug-likeness (QED) is 0.732. The van der Waals surface area contributed by atoms with E-state index in [1.807, 2.05) is 0 Å². The van der Waals surface area contributed by atoms with E-state index in [0.717, 1.165) is 54.9 Å². The normalized spacial score (nSPS) is 11.1. The van der Waals surface area contributed by atoms with Gasteiger partial charge in [-0.2, -0.15) is 4.98 Å². The van der Waals surface area contributed by atoms with Crippen molar-refractivity contribution in [2.24, 2.45) is 0 Å². The highest BCUT2D eigenvalue weighted by molar-refractivity contribution is 7.18. The molecule has 5 nitrogen and oxygen atoms in total. The maximum Gasteiger partial charge on any atom is 0.223 e. The molecule has 0 aromatic carbocycles. The number of hydrogen-bond donors (Lipinski definition) is 2. The number of thiophene rings is 1. The van der Waals surface area contributed by atoms with E-state index < -0.39 is 0 Å². The van der Waals surface area contributed by atoms with Crippen LogP contribution in [0.25, 0.3) is 10.2 Å². The summed E-state index contributed by atoms with van der Waals surface area (Å²) in [5, 5.41) is 4.46. The van der Waals surface area contributed by atoms with Crippen LogP contribution in [0.4, 0.5) is 11.8 Å². The summed E-state index contributed by atoms with van der Waals surface area (Å²) in [4.78, 5) is 10.9. The van der Waals surface area contributed by atoms with Gasteiger partial charge in [0.05, 0.1) is 5.39 Å². The average Bonchev–Trinajstić information content (AvgIpc) is 2.85. The van der Waals surface area contributed by atoms with Crippen LogP contribution in [0.5, 0.6) is 0 Å². The Balaban J connectivity index is 1.99. The lowest BCUT2D eigenvalue weighted by atomic mass is 10.2. The predicted molar refractivity (Wildman–Crippen MR) is 85.4 cm³/mol. The molecule has 0 aliphatic carbocycles. The van der Waals surface area contributed by atoms with E-state index >= 15 is 0 Å². The van der Waals surface area contributed by atoms with Crippen LogP contribution in [-0.2, 0) is 11.2 Å². The smallest absolute Gasteiger partial charge is 0.223 e. The maximum absolute atomic E-state index is 5.77. The van der Waals surface area contributed by atoms with Gasteiger partial charge in [0.2, 0.25) is 5.95 Å². The summed E-state index contributed by atoms with van der Waals surface area (Å²) in [6.07, 6.45) is 4.35. The molecule has 0 saturated heterocycles. The van der Waals surface area contributed by atoms with E-state index in [2.05, 4.69) is 28.3 Å². The first-order valence-electron chi connectivity index (χ1n) is 7.03. The number of unbranched alkanes of at least 4 members (excludes halogenated alkanes) is 2. The van der Waals surface area contributed by atoms with Gasteiger partial charge in [-0.15, -0.1) is 11.3 Å². The zero-order valence-corrected chi connectivity index (χ0v) is 12.9. The van der Waals surface area contributed by atoms with Crippen LogP contribution in [0, 0.1) is 0 Å². The average molecular weight is 294 g/mol. The van der Waals surface area contributed by atoms with Crippen LogP contribution in [0.15, 0.2) is 6.07 Å². The summed E-state index contributed by atoms with van der Waals surface area (Å²) in [6, 6.07) is 2.16. The van der Waals surface area contributed by atoms with Crippen molar-refractivity contribution < 1.29 is 4.74 Å². The first kappa shape index (κ1) is 15.0. The Labute approximate surface area is 123 Å². The number of nitrogens with two attached hydrogens (primary N) is 1. The molecule has 0 radical (unpaired) electrons. The number of aryl methyl sites for hydroxylation is 1. The highest BCUT2D eigenvalue weighted by Gasteiger charge is 2.09. The van der Waals surface area contributed by atoms with Gasteiger partial charge in [-0.05, 0) is 31.7 Å². The molecule has 2 heterocycles. The SMILES string of the molecule is CCc1cc2c(NCCCCCOC)nc(N)nc2s1. The molecule has 0 fully saturated rings. The van der Waals surface area contributed by atoms with Gasteiger partial charge in [-0.25, -0.2) is 4.98 Å². The number of anilines is 2. The maximum atomic E-state index is 5.77. The third-order valence-electron chi connectivity index (χ3n) is 3.13. The summed E-state index contributed by atoms with van der Waals surface area (Å²) < 4.78 is 5.04. The van der Waals surface area contributed by atoms with Crippen molar-refractivity contribution in [3.05, 3.63) is 10.9 Å². The van der Waals surface area contributed by atoms with E-state index in [9.17, 15) is 0 Å². The molecule has 0 aliphatic rings. The standard InChI is InChI=1S/C14H22N4OS/c1-3-10-9-11-12(16-7-5-4-6-8-19-2)17-14(15)18-13(11)20-10/h9H,3-8H2,1-2H3,(H3,15,16,17,18). The van der Waals surface area contributed by atoms with Gasteiger partial charge in [0.15, 0.2) is 0 Å². The molecular weight excluding hydrogens is 272 g/mol. The molecule has 2 aromatic heterocycles. The molecule has 6 heteroatoms. The van der Waals surface area contributed by atoms with Crippen molar-refractivity contribution in [1.29, 1.82) is 0 Å². The summed E-state index contributed by atoms with van der Waals surface area (Å²) >= 11 is 1.69. The fourth-order valence-electron chi connectivity index (χ4n) is 2.05. The number of ether oxygens (including phenoxy) is 1. The minimum absolute atomic E-state index is 0.337. The summed E-state index contributed by atoms with van der Waals surface area (Å²) in [5.41, 5.74) is 5.77. The van der Waals surface area contributed by atoms with Gasteiger partial charge in [-0.1, -0.05) is 6.92 Å². The van der Waals surface area contributed by atoms with Crippen LogP contribution in [0.1, 0.15) is 31.1 Å². The van der Waals surface area contributed by atoms with Crippen molar-refractivity contribution in [2.45, 2.75) is 32.6 Å². The lowest BCUT2D eigenvalue weighted by Crippen LogP contribution is -2.06. The molecule has 2 aromatic rings. The molecule has 0 aliphatic heterocycles. The minimum atomic E-state index is 0.337. The van der Waals surface area contributed by atoms with E-state index in [4.69, 9.17) is 10.5 Å². The number of rotatable bonds is 8. The minimum Gasteiger partial charge on any atom is -0.385 e. The predicted octanol–water partition coefficient (Wildman–Crippen LogP) is 3.06. The van der Waals surface area contributed by atoms with E-state index in [-0.39, 0.29) is 0 Å². The molecule has 110 valence electrons. The van der Waals surface area contributed by atoms with Gasteiger partial charge in [0.1, 0.15) is 10.6 Å². The number of fused-ring (bicyclic) bond motifs is 1. The third kappa shape index (κ3) is 3.80. The zero-order valence-electron chi connectivity index (χ0n) is 12.1. The number of methoxy groups -OCH3 is 1. The van der Waals surface area contributed by atoms with Crippen molar-refractivity contribution in [2.75, 3.05) is 31.3 Å². The fourth-order valence-corrected chi connectivity index (χ4v) is 3.03. The lowest BCUT2D eigenvalue weighted by Gasteiger charge is -2.07. The first-order valence-corrected chi connectivity index (χ1v) is 7.85. The number of aromatic nitrogens is 2. The van der Waals surface area contributed by atoms with Gasteiger partial charge >= 0.3 is 0 Å². The van der Waals surface area contributed by atoms with Crippen molar-refractivity contribution in [1.82, 2.24) is 9.97 Å². The highest BCUT2D eigenvalue weighted by Crippen LogP contribution is 2.29. The zero-order chi connectivity index (χ0) is 14.4. The number of nitrogens with zero attached hydrogens (tertiary/aromatic N) is 2. The van der Waals surface area contributed by atoms with Crippen LogP contribution in [-0.4, -0.2) is 30.2 Å². The van der Waals surface area contributed by atoms with Gasteiger partial charge < -0.3 is 15.8 Å². The molecule has 0 saturated carbocycles. The Morgan fingerprint density at radius 1 is 1.30 bits per heavy atom. The van der Waals surface area contributed by atoms with Crippen molar-refractivity contribution in [3.8, 4) is 0 Å². The molecule has 3 N–H and O–H groups in total. The van der Waals surface area contributed by atoms with E-state index in [1.54, 1.807) is 18.4 Å². The van der Waals surface area contributed by atoms with Gasteiger partial charge in [0.25, 0.3) is 0 Å². The lowest BCUT2D eigenvalue weighted by molar-refractivity contribution is 0.192. The van der Waals surface area contributed by atoms with Crippen molar-refractivity contribution in [3.63, 3.8) is 0 Å². The molecule has 0 unspecified atom stereocenters. The molecule has 0 atom stereocenters. The van der Waals surface area contributed by atoms with E-state index in [1.165, 1.54) is 4.88 Å². The second-order valence-electron chi connectivity index (χ2n) is 4.70. The summed E-state index contributed by atoms with van der Waals surface area (Å²) in [5.74, 6) is 1.19. The van der Waals surface area contributed by atoms with Crippen LogP contribution >= 0.6 is 11.3 Å². The number of hydrogen-bond acceptors (Lipinski definition) is 6. The molecular formula is C14H22N4OS. The molecule has 0 spiro atoms. The van der Waals surface area contributed by atoms with Crippen LogP contribution < -0.4 is 11.1 Å². The van der Waals surface area contributed by atoms with Crippen molar-refractivity contribution >= 4 is 33.3 Å². The molecule has 20 heavy (non-hydrogen) atoms. The second-order valence-corrected chi connectivity index (χ2v) is 5.81. The molecule has 2 rings (SSSR count). The number of nitrogen functional groups attached to an aromatic ring is 1. The number of nitrogens with one attached hydrogen (secondary N) is 1. The monoisotopic (exact) mass is 294 g/mol. The largest absolute Gasteiger partial charge is 0.385 e. The molecule has 0 bridgehead atoms. The Morgan fingerprint density at radius 2 is 2.15 bits per heavy atom. The Bertz CT molecular complexity index is 555. The van der Waals surface area contributed by atoms with Gasteiger partial charge in [-0.3, -0.25) is 0 Å². The molecule has 0 amide bonds. The topological polar surface area (TPSA) is 73.1 Å². The van der Waals surface area contributed by atoms with E-state index in [0.29, 0.717) is 5.95 Å². The first-order chi connectivity index (χ1) is 9.74. The van der Waals surface area contributed by atoms with Gasteiger partial charge in [0, 0.05) is 25.1 Å². The third-order valence-corrected chi connectivity index (χ3v) is 4.30. The Morgan fingerprint density at radius 3 is 2.90 bits per heavy atom. The van der Waals surface area contributed by atoms with Crippen LogP contribution in [0.3, 0.4) is 0 Å². The highest BCUT2D eigenvalue weighted by atomic mass is 32.1. The fraction of sp³-hybridized carbons (Fsp3) is 0.571. The Kier molecular flexibility index (Phi) is 5.55. The summed E-state index contributed by atoms with van der Waals surface area (Å²) in [6.45, 7) is 3.87. The second kappa shape index (κ2) is 7.40.